The molecule has 0 aromatic carbocycles. The first-order chi connectivity index (χ1) is 9.26. The van der Waals surface area contributed by atoms with Gasteiger partial charge in [0.05, 0.1) is 0 Å². The Kier molecular flexibility index (Phi) is 4.27. The molecule has 1 aliphatic rings. The molecule has 1 aromatic heterocycles. The van der Waals surface area contributed by atoms with Crippen LogP contribution in [0.4, 0.5) is 10.8 Å². The Morgan fingerprint density at radius 1 is 1.40 bits per heavy atom. The number of nitrogens with one attached hydrogen (secondary N) is 1. The van der Waals surface area contributed by atoms with Crippen LogP contribution in [0.1, 0.15) is 25.7 Å². The zero-order valence-electron chi connectivity index (χ0n) is 12.1. The molecule has 0 bridgehead atoms. The molecule has 1 aromatic rings. The lowest BCUT2D eigenvalue weighted by Crippen LogP contribution is -2.47. The Morgan fingerprint density at radius 2 is 2.00 bits per heavy atom. The number of nitrogens with two attached hydrogens (primary N) is 1. The number of nitrogen functional groups attached to an aromatic ring is 1. The second-order valence-electron chi connectivity index (χ2n) is 5.68. The Bertz CT molecular complexity index is 574. The van der Waals surface area contributed by atoms with E-state index in [0.717, 1.165) is 30.6 Å². The number of anilines is 2. The van der Waals surface area contributed by atoms with E-state index in [0.29, 0.717) is 11.5 Å². The Balaban J connectivity index is 2.20. The number of hydrogen-bond donors (Lipinski definition) is 2. The topological polar surface area (TPSA) is 88.3 Å². The van der Waals surface area contributed by atoms with Crippen molar-refractivity contribution >= 4 is 32.2 Å². The molecule has 1 saturated carbocycles. The number of sulfone groups is 1. The molecule has 0 saturated heterocycles. The van der Waals surface area contributed by atoms with Gasteiger partial charge in [-0.05, 0) is 38.5 Å². The van der Waals surface area contributed by atoms with Crippen molar-refractivity contribution < 1.29 is 8.42 Å². The Morgan fingerprint density at radius 3 is 2.50 bits per heavy atom. The van der Waals surface area contributed by atoms with Crippen LogP contribution in [0.15, 0.2) is 4.90 Å². The second-order valence-corrected chi connectivity index (χ2v) is 8.40. The smallest absolute Gasteiger partial charge is 0.182 e. The van der Waals surface area contributed by atoms with Crippen LogP contribution < -0.4 is 11.1 Å². The van der Waals surface area contributed by atoms with Crippen LogP contribution in [0, 0.1) is 0 Å². The summed E-state index contributed by atoms with van der Waals surface area (Å²) in [6.45, 7) is 0.712. The minimum Gasteiger partial charge on any atom is -0.382 e. The molecule has 1 heterocycles. The fourth-order valence-corrected chi connectivity index (χ4v) is 4.89. The maximum absolute atomic E-state index is 11.8. The summed E-state index contributed by atoms with van der Waals surface area (Å²) < 4.78 is 27.5. The standard InChI is InChI=1S/C12H22N4O2S2/c1-16(2)12(6-4-5-7-12)8-14-11-9(20(3,17)18)10(13)15-19-11/h14H,4-8H2,1-3H3,(H2,13,15). The molecule has 1 fully saturated rings. The average molecular weight is 318 g/mol. The minimum absolute atomic E-state index is 0.0883. The molecule has 2 rings (SSSR count). The summed E-state index contributed by atoms with van der Waals surface area (Å²) in [5.74, 6) is 0.0883. The molecule has 0 radical (unpaired) electrons. The van der Waals surface area contributed by atoms with Gasteiger partial charge in [-0.25, -0.2) is 8.42 Å². The first-order valence-corrected chi connectivity index (χ1v) is 9.29. The third-order valence-corrected chi connectivity index (χ3v) is 6.21. The van der Waals surface area contributed by atoms with Crippen LogP contribution >= 0.6 is 11.5 Å². The van der Waals surface area contributed by atoms with Gasteiger partial charge < -0.3 is 16.0 Å². The lowest BCUT2D eigenvalue weighted by Gasteiger charge is -2.36. The highest BCUT2D eigenvalue weighted by atomic mass is 32.2. The molecule has 0 amide bonds. The van der Waals surface area contributed by atoms with Crippen molar-refractivity contribution in [2.45, 2.75) is 36.1 Å². The average Bonchev–Trinajstić information content (AvgIpc) is 2.92. The van der Waals surface area contributed by atoms with Crippen LogP contribution in [0.25, 0.3) is 0 Å². The van der Waals surface area contributed by atoms with Crippen LogP contribution in [-0.2, 0) is 9.84 Å². The van der Waals surface area contributed by atoms with Crippen molar-refractivity contribution in [3.63, 3.8) is 0 Å². The molecule has 0 atom stereocenters. The van der Waals surface area contributed by atoms with Crippen molar-refractivity contribution in [2.24, 2.45) is 0 Å². The van der Waals surface area contributed by atoms with Gasteiger partial charge in [-0.2, -0.15) is 4.37 Å². The van der Waals surface area contributed by atoms with Crippen molar-refractivity contribution in [1.82, 2.24) is 9.27 Å². The van der Waals surface area contributed by atoms with E-state index in [1.807, 2.05) is 0 Å². The van der Waals surface area contributed by atoms with E-state index in [-0.39, 0.29) is 16.3 Å². The van der Waals surface area contributed by atoms with Crippen molar-refractivity contribution in [1.29, 1.82) is 0 Å². The summed E-state index contributed by atoms with van der Waals surface area (Å²) in [5.41, 5.74) is 5.76. The molecule has 6 nitrogen and oxygen atoms in total. The highest BCUT2D eigenvalue weighted by Gasteiger charge is 2.36. The zero-order valence-corrected chi connectivity index (χ0v) is 13.8. The lowest BCUT2D eigenvalue weighted by molar-refractivity contribution is 0.172. The molecule has 3 N–H and O–H groups in total. The number of nitrogens with zero attached hydrogens (tertiary/aromatic N) is 2. The van der Waals surface area contributed by atoms with Gasteiger partial charge in [-0.1, -0.05) is 12.8 Å². The lowest BCUT2D eigenvalue weighted by atomic mass is 9.96. The maximum Gasteiger partial charge on any atom is 0.182 e. The highest BCUT2D eigenvalue weighted by Crippen LogP contribution is 2.36. The monoisotopic (exact) mass is 318 g/mol. The van der Waals surface area contributed by atoms with Crippen molar-refractivity contribution in [3.8, 4) is 0 Å². The van der Waals surface area contributed by atoms with Gasteiger partial charge in [0.15, 0.2) is 15.7 Å². The van der Waals surface area contributed by atoms with E-state index < -0.39 is 9.84 Å². The van der Waals surface area contributed by atoms with Crippen LogP contribution in [0.5, 0.6) is 0 Å². The number of aromatic nitrogens is 1. The van der Waals surface area contributed by atoms with Crippen LogP contribution in [0.2, 0.25) is 0 Å². The second kappa shape index (κ2) is 5.50. The normalized spacial score (nSPS) is 18.6. The SMILES string of the molecule is CN(C)C1(CNc2snc(N)c2S(C)(=O)=O)CCCC1. The van der Waals surface area contributed by atoms with Gasteiger partial charge in [-0.15, -0.1) is 0 Å². The van der Waals surface area contributed by atoms with Gasteiger partial charge in [0.2, 0.25) is 0 Å². The predicted molar refractivity (Wildman–Crippen MR) is 83.0 cm³/mol. The van der Waals surface area contributed by atoms with E-state index in [4.69, 9.17) is 5.73 Å². The minimum atomic E-state index is -3.36. The first kappa shape index (κ1) is 15.5. The maximum atomic E-state index is 11.8. The molecular weight excluding hydrogens is 296 g/mol. The van der Waals surface area contributed by atoms with Crippen LogP contribution in [-0.4, -0.2) is 50.1 Å². The number of rotatable bonds is 5. The van der Waals surface area contributed by atoms with Gasteiger partial charge >= 0.3 is 0 Å². The molecule has 114 valence electrons. The van der Waals surface area contributed by atoms with E-state index in [1.54, 1.807) is 0 Å². The largest absolute Gasteiger partial charge is 0.382 e. The summed E-state index contributed by atoms with van der Waals surface area (Å²) in [7, 11) is 0.790. The molecule has 8 heteroatoms. The van der Waals surface area contributed by atoms with Crippen molar-refractivity contribution in [3.05, 3.63) is 0 Å². The molecule has 20 heavy (non-hydrogen) atoms. The fourth-order valence-electron chi connectivity index (χ4n) is 2.82. The number of likely N-dealkylation sites (N-methyl/N-ethyl adjacent to an activating group) is 1. The molecule has 0 spiro atoms. The zero-order chi connectivity index (χ0) is 15.0. The highest BCUT2D eigenvalue weighted by molar-refractivity contribution is 7.91. The third-order valence-electron chi connectivity index (χ3n) is 4.11. The quantitative estimate of drug-likeness (QED) is 0.853. The molecule has 1 aliphatic carbocycles. The summed E-state index contributed by atoms with van der Waals surface area (Å²) in [4.78, 5) is 2.37. The Hall–Kier alpha value is -0.860. The number of hydrogen-bond acceptors (Lipinski definition) is 7. The van der Waals surface area contributed by atoms with E-state index in [1.165, 1.54) is 12.8 Å². The molecule has 0 aliphatic heterocycles. The van der Waals surface area contributed by atoms with E-state index in [9.17, 15) is 8.42 Å². The van der Waals surface area contributed by atoms with Gasteiger partial charge in [0.1, 0.15) is 9.90 Å². The van der Waals surface area contributed by atoms with E-state index >= 15 is 0 Å². The Labute approximate surface area is 124 Å². The summed E-state index contributed by atoms with van der Waals surface area (Å²) >= 11 is 1.11. The van der Waals surface area contributed by atoms with Gasteiger partial charge in [0.25, 0.3) is 0 Å². The fraction of sp³-hybridized carbons (Fsp3) is 0.750. The van der Waals surface area contributed by atoms with Crippen LogP contribution in [0.3, 0.4) is 0 Å². The van der Waals surface area contributed by atoms with Gasteiger partial charge in [0, 0.05) is 18.3 Å². The predicted octanol–water partition coefficient (Wildman–Crippen LogP) is 1.42. The van der Waals surface area contributed by atoms with Crippen molar-refractivity contribution in [2.75, 3.05) is 37.9 Å². The summed E-state index contributed by atoms with van der Waals surface area (Å²) in [6, 6.07) is 0. The first-order valence-electron chi connectivity index (χ1n) is 6.63. The summed E-state index contributed by atoms with van der Waals surface area (Å²) in [5, 5.41) is 3.81. The molecular formula is C12H22N4O2S2. The third kappa shape index (κ3) is 2.91. The van der Waals surface area contributed by atoms with E-state index in [2.05, 4.69) is 28.7 Å². The summed E-state index contributed by atoms with van der Waals surface area (Å²) in [6.07, 6.45) is 5.83. The molecule has 0 unspecified atom stereocenters. The van der Waals surface area contributed by atoms with Gasteiger partial charge in [-0.3, -0.25) is 0 Å².